The molecule has 0 saturated carbocycles. The molecule has 10 aromatic rings. The van der Waals surface area contributed by atoms with E-state index in [-0.39, 0.29) is 0 Å². The van der Waals surface area contributed by atoms with Crippen molar-refractivity contribution in [3.63, 3.8) is 0 Å². The topological polar surface area (TPSA) is 3.24 Å². The molecule has 0 N–H and O–H groups in total. The molecule has 0 spiro atoms. The van der Waals surface area contributed by atoms with Crippen LogP contribution >= 0.6 is 22.7 Å². The number of rotatable bonds is 5. The van der Waals surface area contributed by atoms with Gasteiger partial charge in [0, 0.05) is 68.4 Å². The van der Waals surface area contributed by atoms with Gasteiger partial charge in [0.05, 0.1) is 0 Å². The van der Waals surface area contributed by atoms with Gasteiger partial charge in [0.1, 0.15) is 0 Å². The van der Waals surface area contributed by atoms with Crippen molar-refractivity contribution in [3.05, 3.63) is 176 Å². The van der Waals surface area contributed by atoms with E-state index in [4.69, 9.17) is 0 Å². The summed E-state index contributed by atoms with van der Waals surface area (Å²) < 4.78 is 5.30. The lowest BCUT2D eigenvalue weighted by molar-refractivity contribution is 1.29. The standard InChI is InChI=1S/C46H29NS2/c1-4-14-30(15-5-1)34-22-13-25-42-44(34)39-24-12-23-38(45(39)48-42)40-29-41-36-27-26-33(28-43(36)49-46(41)37-21-11-10-20-35(37)40)47(31-16-6-2-7-17-31)32-18-8-3-9-19-32/h1-29H. The molecule has 0 fully saturated rings. The second kappa shape index (κ2) is 11.5. The minimum Gasteiger partial charge on any atom is -0.310 e. The molecule has 49 heavy (non-hydrogen) atoms. The average Bonchev–Trinajstić information content (AvgIpc) is 3.74. The fourth-order valence-electron chi connectivity index (χ4n) is 7.47. The predicted molar refractivity (Wildman–Crippen MR) is 215 cm³/mol. The summed E-state index contributed by atoms with van der Waals surface area (Å²) in [4.78, 5) is 2.35. The Balaban J connectivity index is 1.20. The van der Waals surface area contributed by atoms with Gasteiger partial charge >= 0.3 is 0 Å². The van der Waals surface area contributed by atoms with Crippen LogP contribution < -0.4 is 4.90 Å². The van der Waals surface area contributed by atoms with Gasteiger partial charge in [-0.05, 0) is 70.6 Å². The Hall–Kier alpha value is -5.74. The molecule has 3 heteroatoms. The van der Waals surface area contributed by atoms with E-state index in [1.807, 2.05) is 22.7 Å². The number of fused-ring (bicyclic) bond motifs is 8. The Morgan fingerprint density at radius 1 is 0.327 bits per heavy atom. The first-order valence-electron chi connectivity index (χ1n) is 16.6. The van der Waals surface area contributed by atoms with Crippen molar-refractivity contribution in [2.75, 3.05) is 4.90 Å². The molecular formula is C46H29NS2. The molecule has 0 aliphatic carbocycles. The van der Waals surface area contributed by atoms with Crippen LogP contribution in [0.1, 0.15) is 0 Å². The smallest absolute Gasteiger partial charge is 0.0476 e. The molecule has 0 saturated heterocycles. The zero-order chi connectivity index (χ0) is 32.3. The van der Waals surface area contributed by atoms with Crippen LogP contribution in [0, 0.1) is 0 Å². The quantitative estimate of drug-likeness (QED) is 0.178. The molecule has 0 radical (unpaired) electrons. The third-order valence-corrected chi connectivity index (χ3v) is 12.1. The zero-order valence-electron chi connectivity index (χ0n) is 26.5. The first-order chi connectivity index (χ1) is 24.3. The normalized spacial score (nSPS) is 11.7. The number of para-hydroxylation sites is 2. The van der Waals surface area contributed by atoms with Crippen molar-refractivity contribution in [2.45, 2.75) is 0 Å². The van der Waals surface area contributed by atoms with Crippen molar-refractivity contribution in [1.29, 1.82) is 0 Å². The van der Waals surface area contributed by atoms with Gasteiger partial charge < -0.3 is 4.90 Å². The van der Waals surface area contributed by atoms with Crippen LogP contribution in [-0.2, 0) is 0 Å². The van der Waals surface area contributed by atoms with Crippen LogP contribution in [0.2, 0.25) is 0 Å². The van der Waals surface area contributed by atoms with Crippen LogP contribution in [-0.4, -0.2) is 0 Å². The molecule has 8 aromatic carbocycles. The zero-order valence-corrected chi connectivity index (χ0v) is 28.1. The fraction of sp³-hybridized carbons (Fsp3) is 0. The Morgan fingerprint density at radius 2 is 0.939 bits per heavy atom. The predicted octanol–water partition coefficient (Wildman–Crippen LogP) is 14.4. The Labute approximate surface area is 292 Å². The Morgan fingerprint density at radius 3 is 1.69 bits per heavy atom. The second-order valence-electron chi connectivity index (χ2n) is 12.5. The summed E-state index contributed by atoms with van der Waals surface area (Å²) in [5.41, 5.74) is 8.59. The minimum atomic E-state index is 1.15. The van der Waals surface area contributed by atoms with Crippen LogP contribution in [0.5, 0.6) is 0 Å². The molecule has 0 aliphatic rings. The maximum Gasteiger partial charge on any atom is 0.0476 e. The van der Waals surface area contributed by atoms with E-state index in [2.05, 4.69) is 181 Å². The molecule has 0 amide bonds. The highest BCUT2D eigenvalue weighted by molar-refractivity contribution is 7.27. The monoisotopic (exact) mass is 659 g/mol. The fourth-order valence-corrected chi connectivity index (χ4v) is 9.98. The summed E-state index contributed by atoms with van der Waals surface area (Å²) in [5, 5.41) is 7.88. The lowest BCUT2D eigenvalue weighted by Crippen LogP contribution is -2.09. The van der Waals surface area contributed by atoms with Gasteiger partial charge in [0.15, 0.2) is 0 Å². The van der Waals surface area contributed by atoms with Gasteiger partial charge in [0.25, 0.3) is 0 Å². The first kappa shape index (κ1) is 28.3. The number of nitrogens with zero attached hydrogens (tertiary/aromatic N) is 1. The Kier molecular flexibility index (Phi) is 6.61. The van der Waals surface area contributed by atoms with E-state index in [1.165, 1.54) is 73.4 Å². The number of thiophene rings is 2. The maximum absolute atomic E-state index is 2.46. The molecular weight excluding hydrogens is 631 g/mol. The molecule has 10 rings (SSSR count). The van der Waals surface area contributed by atoms with E-state index in [0.29, 0.717) is 0 Å². The highest BCUT2D eigenvalue weighted by atomic mass is 32.1. The van der Waals surface area contributed by atoms with Crippen molar-refractivity contribution >= 4 is 90.9 Å². The third-order valence-electron chi connectivity index (χ3n) is 9.65. The number of hydrogen-bond donors (Lipinski definition) is 0. The van der Waals surface area contributed by atoms with Gasteiger partial charge in [-0.25, -0.2) is 0 Å². The molecule has 2 aromatic heterocycles. The van der Waals surface area contributed by atoms with Crippen molar-refractivity contribution in [1.82, 2.24) is 0 Å². The van der Waals surface area contributed by atoms with Gasteiger partial charge in [-0.1, -0.05) is 127 Å². The van der Waals surface area contributed by atoms with Crippen molar-refractivity contribution < 1.29 is 0 Å². The summed E-state index contributed by atoms with van der Waals surface area (Å²) >= 11 is 3.81. The lowest BCUT2D eigenvalue weighted by Gasteiger charge is -2.25. The van der Waals surface area contributed by atoms with Crippen LogP contribution in [0.4, 0.5) is 17.1 Å². The molecule has 0 atom stereocenters. The van der Waals surface area contributed by atoms with Gasteiger partial charge in [-0.15, -0.1) is 22.7 Å². The summed E-state index contributed by atoms with van der Waals surface area (Å²) in [6.07, 6.45) is 0. The van der Waals surface area contributed by atoms with E-state index in [9.17, 15) is 0 Å². The average molecular weight is 660 g/mol. The summed E-state index contributed by atoms with van der Waals surface area (Å²) in [5.74, 6) is 0. The lowest BCUT2D eigenvalue weighted by atomic mass is 9.93. The number of hydrogen-bond acceptors (Lipinski definition) is 3. The summed E-state index contributed by atoms with van der Waals surface area (Å²) in [6.45, 7) is 0. The summed E-state index contributed by atoms with van der Waals surface area (Å²) in [6, 6.07) is 64.1. The van der Waals surface area contributed by atoms with E-state index in [0.717, 1.165) is 17.1 Å². The van der Waals surface area contributed by atoms with E-state index in [1.54, 1.807) is 0 Å². The third kappa shape index (κ3) is 4.58. The van der Waals surface area contributed by atoms with Gasteiger partial charge in [0.2, 0.25) is 0 Å². The number of benzene rings is 8. The SMILES string of the molecule is c1ccc(-c2cccc3sc4c(-c5cc6c7ccc(N(c8ccccc8)c8ccccc8)cc7sc6c6ccccc56)cccc4c23)cc1. The van der Waals surface area contributed by atoms with Crippen LogP contribution in [0.15, 0.2) is 176 Å². The Bertz CT molecular complexity index is 2770. The molecule has 0 bridgehead atoms. The minimum absolute atomic E-state index is 1.15. The molecule has 0 aliphatic heterocycles. The maximum atomic E-state index is 2.46. The van der Waals surface area contributed by atoms with Gasteiger partial charge in [-0.2, -0.15) is 0 Å². The largest absolute Gasteiger partial charge is 0.310 e. The highest BCUT2D eigenvalue weighted by Gasteiger charge is 2.19. The second-order valence-corrected chi connectivity index (χ2v) is 14.6. The van der Waals surface area contributed by atoms with E-state index >= 15 is 0 Å². The number of anilines is 3. The molecule has 0 unspecified atom stereocenters. The summed E-state index contributed by atoms with van der Waals surface area (Å²) in [7, 11) is 0. The van der Waals surface area contributed by atoms with Crippen molar-refractivity contribution in [3.8, 4) is 22.3 Å². The highest BCUT2D eigenvalue weighted by Crippen LogP contribution is 2.48. The molecule has 230 valence electrons. The van der Waals surface area contributed by atoms with Crippen LogP contribution in [0.3, 0.4) is 0 Å². The first-order valence-corrected chi connectivity index (χ1v) is 18.2. The van der Waals surface area contributed by atoms with Gasteiger partial charge in [-0.3, -0.25) is 0 Å². The van der Waals surface area contributed by atoms with Crippen LogP contribution in [0.25, 0.3) is 73.4 Å². The van der Waals surface area contributed by atoms with E-state index < -0.39 is 0 Å². The van der Waals surface area contributed by atoms with Crippen molar-refractivity contribution in [2.24, 2.45) is 0 Å². The molecule has 2 heterocycles. The molecule has 1 nitrogen and oxygen atoms in total.